The lowest BCUT2D eigenvalue weighted by atomic mass is 10.1. The van der Waals surface area contributed by atoms with Crippen LogP contribution in [-0.2, 0) is 13.0 Å². The summed E-state index contributed by atoms with van der Waals surface area (Å²) in [6, 6.07) is 6.44. The van der Waals surface area contributed by atoms with Crippen molar-refractivity contribution in [1.29, 1.82) is 0 Å². The van der Waals surface area contributed by atoms with Gasteiger partial charge in [0.15, 0.2) is 0 Å². The average Bonchev–Trinajstić information content (AvgIpc) is 2.38. The molecule has 1 aliphatic heterocycles. The van der Waals surface area contributed by atoms with Crippen molar-refractivity contribution in [2.45, 2.75) is 26.8 Å². The summed E-state index contributed by atoms with van der Waals surface area (Å²) >= 11 is 0. The minimum Gasteiger partial charge on any atom is -0.340 e. The first-order chi connectivity index (χ1) is 9.22. The van der Waals surface area contributed by atoms with E-state index in [0.29, 0.717) is 0 Å². The van der Waals surface area contributed by atoms with E-state index in [0.717, 1.165) is 36.7 Å². The van der Waals surface area contributed by atoms with Crippen molar-refractivity contribution in [2.75, 3.05) is 11.9 Å². The molecular formula is C15H18N4. The summed E-state index contributed by atoms with van der Waals surface area (Å²) in [5.41, 5.74) is 5.93. The number of fused-ring (bicyclic) bond motifs is 1. The topological polar surface area (TPSA) is 49.8 Å². The van der Waals surface area contributed by atoms with E-state index in [-0.39, 0.29) is 0 Å². The molecule has 0 aliphatic carbocycles. The van der Waals surface area contributed by atoms with Gasteiger partial charge >= 0.3 is 0 Å². The molecule has 1 aliphatic rings. The van der Waals surface area contributed by atoms with Gasteiger partial charge in [-0.3, -0.25) is 0 Å². The zero-order chi connectivity index (χ0) is 13.2. The van der Waals surface area contributed by atoms with E-state index in [2.05, 4.69) is 52.6 Å². The Morgan fingerprint density at radius 1 is 1.11 bits per heavy atom. The van der Waals surface area contributed by atoms with E-state index in [9.17, 15) is 0 Å². The first-order valence-corrected chi connectivity index (χ1v) is 6.61. The highest BCUT2D eigenvalue weighted by molar-refractivity contribution is 5.61. The van der Waals surface area contributed by atoms with Crippen LogP contribution in [0, 0.1) is 13.8 Å². The van der Waals surface area contributed by atoms with Crippen molar-refractivity contribution in [3.8, 4) is 0 Å². The fourth-order valence-electron chi connectivity index (χ4n) is 2.56. The molecule has 0 saturated heterocycles. The van der Waals surface area contributed by atoms with Crippen molar-refractivity contribution in [1.82, 2.24) is 15.3 Å². The quantitative estimate of drug-likeness (QED) is 0.864. The number of aryl methyl sites for hydroxylation is 2. The standard InChI is InChI=1S/C15H18N4/c1-10-5-11(2)7-12(6-10)19-15-13-8-16-4-3-14(13)17-9-18-15/h5-7,9,16H,3-4,8H2,1-2H3,(H,17,18,19). The molecule has 0 unspecified atom stereocenters. The van der Waals surface area contributed by atoms with Crippen molar-refractivity contribution >= 4 is 11.5 Å². The zero-order valence-electron chi connectivity index (χ0n) is 11.3. The van der Waals surface area contributed by atoms with Crippen LogP contribution in [0.1, 0.15) is 22.4 Å². The van der Waals surface area contributed by atoms with Gasteiger partial charge in [-0.05, 0) is 37.1 Å². The van der Waals surface area contributed by atoms with Gasteiger partial charge in [0.1, 0.15) is 12.1 Å². The Morgan fingerprint density at radius 2 is 1.89 bits per heavy atom. The van der Waals surface area contributed by atoms with Gasteiger partial charge in [-0.2, -0.15) is 0 Å². The molecule has 19 heavy (non-hydrogen) atoms. The fourth-order valence-corrected chi connectivity index (χ4v) is 2.56. The molecule has 3 rings (SSSR count). The summed E-state index contributed by atoms with van der Waals surface area (Å²) in [5, 5.41) is 6.79. The molecule has 0 atom stereocenters. The number of anilines is 2. The molecule has 2 aromatic rings. The van der Waals surface area contributed by atoms with Crippen molar-refractivity contribution < 1.29 is 0 Å². The minimum absolute atomic E-state index is 0.837. The predicted molar refractivity (Wildman–Crippen MR) is 76.6 cm³/mol. The van der Waals surface area contributed by atoms with E-state index < -0.39 is 0 Å². The highest BCUT2D eigenvalue weighted by Gasteiger charge is 2.15. The van der Waals surface area contributed by atoms with Gasteiger partial charge < -0.3 is 10.6 Å². The van der Waals surface area contributed by atoms with Crippen LogP contribution in [0.2, 0.25) is 0 Å². The molecule has 0 radical (unpaired) electrons. The van der Waals surface area contributed by atoms with E-state index in [4.69, 9.17) is 0 Å². The monoisotopic (exact) mass is 254 g/mol. The largest absolute Gasteiger partial charge is 0.340 e. The van der Waals surface area contributed by atoms with Crippen LogP contribution in [-0.4, -0.2) is 16.5 Å². The summed E-state index contributed by atoms with van der Waals surface area (Å²) < 4.78 is 0. The van der Waals surface area contributed by atoms with Crippen molar-refractivity contribution in [2.24, 2.45) is 0 Å². The highest BCUT2D eigenvalue weighted by Crippen LogP contribution is 2.23. The summed E-state index contributed by atoms with van der Waals surface area (Å²) in [7, 11) is 0. The molecule has 2 N–H and O–H groups in total. The summed E-state index contributed by atoms with van der Waals surface area (Å²) in [4.78, 5) is 8.75. The molecule has 4 heteroatoms. The minimum atomic E-state index is 0.837. The third-order valence-corrected chi connectivity index (χ3v) is 3.36. The maximum Gasteiger partial charge on any atom is 0.138 e. The fraction of sp³-hybridized carbons (Fsp3) is 0.333. The van der Waals surface area contributed by atoms with Crippen LogP contribution >= 0.6 is 0 Å². The number of benzene rings is 1. The number of rotatable bonds is 2. The molecule has 2 heterocycles. The van der Waals surface area contributed by atoms with E-state index >= 15 is 0 Å². The second-order valence-electron chi connectivity index (χ2n) is 5.08. The van der Waals surface area contributed by atoms with Crippen LogP contribution < -0.4 is 10.6 Å². The first-order valence-electron chi connectivity index (χ1n) is 6.61. The molecular weight excluding hydrogens is 236 g/mol. The Hall–Kier alpha value is -1.94. The van der Waals surface area contributed by atoms with Gasteiger partial charge in [-0.1, -0.05) is 6.07 Å². The van der Waals surface area contributed by atoms with Crippen molar-refractivity contribution in [3.63, 3.8) is 0 Å². The molecule has 1 aromatic heterocycles. The van der Waals surface area contributed by atoms with Gasteiger partial charge in [0.2, 0.25) is 0 Å². The normalized spacial score (nSPS) is 14.0. The van der Waals surface area contributed by atoms with Crippen LogP contribution in [0.5, 0.6) is 0 Å². The van der Waals surface area contributed by atoms with E-state index in [1.165, 1.54) is 16.7 Å². The maximum atomic E-state index is 4.38. The first kappa shape index (κ1) is 12.1. The lowest BCUT2D eigenvalue weighted by molar-refractivity contribution is 0.628. The van der Waals surface area contributed by atoms with Gasteiger partial charge in [0.25, 0.3) is 0 Å². The Morgan fingerprint density at radius 3 is 2.68 bits per heavy atom. The maximum absolute atomic E-state index is 4.38. The van der Waals surface area contributed by atoms with E-state index in [1.54, 1.807) is 6.33 Å². The molecule has 0 saturated carbocycles. The van der Waals surface area contributed by atoms with Gasteiger partial charge in [-0.25, -0.2) is 9.97 Å². The van der Waals surface area contributed by atoms with Crippen LogP contribution in [0.15, 0.2) is 24.5 Å². The highest BCUT2D eigenvalue weighted by atomic mass is 15.0. The smallest absolute Gasteiger partial charge is 0.138 e. The van der Waals surface area contributed by atoms with E-state index in [1.807, 2.05) is 0 Å². The van der Waals surface area contributed by atoms with Crippen molar-refractivity contribution in [3.05, 3.63) is 46.9 Å². The Kier molecular flexibility index (Phi) is 3.17. The third-order valence-electron chi connectivity index (χ3n) is 3.36. The number of nitrogens with zero attached hydrogens (tertiary/aromatic N) is 2. The predicted octanol–water partition coefficient (Wildman–Crippen LogP) is 2.48. The number of nitrogens with one attached hydrogen (secondary N) is 2. The molecule has 0 fully saturated rings. The lowest BCUT2D eigenvalue weighted by Crippen LogP contribution is -2.25. The third kappa shape index (κ3) is 2.58. The Balaban J connectivity index is 1.95. The summed E-state index contributed by atoms with van der Waals surface area (Å²) in [6.07, 6.45) is 2.62. The molecule has 0 bridgehead atoms. The molecule has 1 aromatic carbocycles. The number of hydrogen-bond acceptors (Lipinski definition) is 4. The van der Waals surface area contributed by atoms with Gasteiger partial charge in [0, 0.05) is 30.8 Å². The molecule has 4 nitrogen and oxygen atoms in total. The van der Waals surface area contributed by atoms with Crippen LogP contribution in [0.3, 0.4) is 0 Å². The van der Waals surface area contributed by atoms with Gasteiger partial charge in [0.05, 0.1) is 5.69 Å². The SMILES string of the molecule is Cc1cc(C)cc(Nc2ncnc3c2CNCC3)c1. The average molecular weight is 254 g/mol. The van der Waals surface area contributed by atoms with Crippen LogP contribution in [0.25, 0.3) is 0 Å². The molecule has 0 amide bonds. The zero-order valence-corrected chi connectivity index (χ0v) is 11.3. The summed E-state index contributed by atoms with van der Waals surface area (Å²) in [6.45, 7) is 6.04. The second kappa shape index (κ2) is 4.97. The summed E-state index contributed by atoms with van der Waals surface area (Å²) in [5.74, 6) is 0.919. The Labute approximate surface area is 113 Å². The molecule has 98 valence electrons. The molecule has 0 spiro atoms. The van der Waals surface area contributed by atoms with Gasteiger partial charge in [-0.15, -0.1) is 0 Å². The number of hydrogen-bond donors (Lipinski definition) is 2. The Bertz CT molecular complexity index is 587. The second-order valence-corrected chi connectivity index (χ2v) is 5.08. The lowest BCUT2D eigenvalue weighted by Gasteiger charge is -2.19. The number of aromatic nitrogens is 2. The van der Waals surface area contributed by atoms with Crippen LogP contribution in [0.4, 0.5) is 11.5 Å².